The van der Waals surface area contributed by atoms with Crippen molar-refractivity contribution in [2.24, 2.45) is 11.3 Å². The molecule has 1 aromatic carbocycles. The van der Waals surface area contributed by atoms with Crippen LogP contribution < -0.4 is 0 Å². The average molecular weight is 296 g/mol. The molecule has 0 saturated heterocycles. The molecule has 1 aromatic rings. The molecule has 0 heterocycles. The molecule has 0 bridgehead atoms. The van der Waals surface area contributed by atoms with Gasteiger partial charge >= 0.3 is 0 Å². The number of hydrogen-bond donors (Lipinski definition) is 0. The summed E-state index contributed by atoms with van der Waals surface area (Å²) in [6.45, 7) is 2.22. The van der Waals surface area contributed by atoms with Gasteiger partial charge in [0, 0.05) is 0 Å². The van der Waals surface area contributed by atoms with Crippen molar-refractivity contribution in [3.8, 4) is 6.07 Å². The van der Waals surface area contributed by atoms with Gasteiger partial charge in [-0.1, -0.05) is 55.5 Å². The smallest absolute Gasteiger partial charge is 0.0693 e. The van der Waals surface area contributed by atoms with Gasteiger partial charge < -0.3 is 0 Å². The Kier molecular flexibility index (Phi) is 4.76. The quantitative estimate of drug-likeness (QED) is 0.707. The van der Waals surface area contributed by atoms with E-state index in [2.05, 4.69) is 13.0 Å². The van der Waals surface area contributed by atoms with E-state index in [-0.39, 0.29) is 5.41 Å². The van der Waals surface area contributed by atoms with Gasteiger partial charge in [0.15, 0.2) is 0 Å². The van der Waals surface area contributed by atoms with Crippen molar-refractivity contribution in [3.63, 3.8) is 0 Å². The summed E-state index contributed by atoms with van der Waals surface area (Å²) in [6.07, 6.45) is 6.40. The zero-order chi connectivity index (χ0) is 13.9. The van der Waals surface area contributed by atoms with E-state index >= 15 is 0 Å². The molecule has 0 radical (unpaired) electrons. The Balaban J connectivity index is 2.18. The van der Waals surface area contributed by atoms with Gasteiger partial charge in [-0.15, -0.1) is 0 Å². The molecule has 0 aliphatic heterocycles. The first-order valence-electron chi connectivity index (χ1n) is 6.94. The van der Waals surface area contributed by atoms with Crippen LogP contribution in [0, 0.1) is 22.7 Å². The van der Waals surface area contributed by atoms with Gasteiger partial charge in [0.2, 0.25) is 0 Å². The van der Waals surface area contributed by atoms with Crippen LogP contribution in [0.2, 0.25) is 10.0 Å². The highest BCUT2D eigenvalue weighted by molar-refractivity contribution is 6.42. The Hall–Kier alpha value is -0.710. The molecule has 2 atom stereocenters. The van der Waals surface area contributed by atoms with Crippen molar-refractivity contribution < 1.29 is 0 Å². The van der Waals surface area contributed by atoms with Crippen molar-refractivity contribution >= 4 is 23.2 Å². The summed E-state index contributed by atoms with van der Waals surface area (Å²) in [7, 11) is 0. The molecule has 1 saturated carbocycles. The normalized spacial score (nSPS) is 26.9. The lowest BCUT2D eigenvalue weighted by molar-refractivity contribution is 0.194. The third-order valence-electron chi connectivity index (χ3n) is 4.29. The lowest BCUT2D eigenvalue weighted by atomic mass is 9.67. The van der Waals surface area contributed by atoms with Crippen LogP contribution in [0.15, 0.2) is 18.2 Å². The van der Waals surface area contributed by atoms with Gasteiger partial charge in [-0.2, -0.15) is 5.26 Å². The minimum Gasteiger partial charge on any atom is -0.198 e. The number of nitrogens with zero attached hydrogens (tertiary/aromatic N) is 1. The van der Waals surface area contributed by atoms with Crippen LogP contribution in [0.3, 0.4) is 0 Å². The predicted molar refractivity (Wildman–Crippen MR) is 80.5 cm³/mol. The molecule has 2 rings (SSSR count). The Labute approximate surface area is 125 Å². The maximum absolute atomic E-state index is 9.63. The topological polar surface area (TPSA) is 23.8 Å². The first-order valence-corrected chi connectivity index (χ1v) is 7.69. The minimum absolute atomic E-state index is 0.212. The van der Waals surface area contributed by atoms with Crippen LogP contribution in [0.4, 0.5) is 0 Å². The summed E-state index contributed by atoms with van der Waals surface area (Å²) in [5.74, 6) is 0.691. The SMILES string of the molecule is CCC1CCCC(C#N)(Cc2ccc(Cl)c(Cl)c2)C1. The van der Waals surface area contributed by atoms with E-state index < -0.39 is 0 Å². The van der Waals surface area contributed by atoms with Crippen LogP contribution in [0.25, 0.3) is 0 Å². The molecule has 1 aliphatic carbocycles. The first kappa shape index (κ1) is 14.7. The lowest BCUT2D eigenvalue weighted by Gasteiger charge is -2.35. The van der Waals surface area contributed by atoms with Crippen LogP contribution in [-0.2, 0) is 6.42 Å². The third-order valence-corrected chi connectivity index (χ3v) is 5.03. The number of benzene rings is 1. The minimum atomic E-state index is -0.212. The Bertz CT molecular complexity index is 492. The number of rotatable bonds is 3. The van der Waals surface area contributed by atoms with Crippen LogP contribution in [0.1, 0.15) is 44.6 Å². The summed E-state index contributed by atoms with van der Waals surface area (Å²) < 4.78 is 0. The fourth-order valence-corrected chi connectivity index (χ4v) is 3.50. The van der Waals surface area contributed by atoms with Crippen molar-refractivity contribution in [1.29, 1.82) is 5.26 Å². The van der Waals surface area contributed by atoms with Crippen molar-refractivity contribution in [2.75, 3.05) is 0 Å². The second-order valence-electron chi connectivity index (χ2n) is 5.69. The largest absolute Gasteiger partial charge is 0.198 e. The van der Waals surface area contributed by atoms with Crippen LogP contribution >= 0.6 is 23.2 Å². The first-order chi connectivity index (χ1) is 9.08. The zero-order valence-electron chi connectivity index (χ0n) is 11.3. The van der Waals surface area contributed by atoms with E-state index in [1.54, 1.807) is 0 Å². The average Bonchev–Trinajstić information content (AvgIpc) is 2.43. The summed E-state index contributed by atoms with van der Waals surface area (Å²) in [6, 6.07) is 8.30. The molecule has 3 heteroatoms. The van der Waals surface area contributed by atoms with Gasteiger partial charge in [-0.05, 0) is 42.9 Å². The zero-order valence-corrected chi connectivity index (χ0v) is 12.8. The van der Waals surface area contributed by atoms with Crippen LogP contribution in [0.5, 0.6) is 0 Å². The highest BCUT2D eigenvalue weighted by atomic mass is 35.5. The van der Waals surface area contributed by atoms with E-state index in [4.69, 9.17) is 23.2 Å². The van der Waals surface area contributed by atoms with E-state index in [0.29, 0.717) is 16.0 Å². The van der Waals surface area contributed by atoms with Gasteiger partial charge in [-0.3, -0.25) is 0 Å². The molecule has 0 N–H and O–H groups in total. The molecule has 0 spiro atoms. The predicted octanol–water partition coefficient (Wildman–Crippen LogP) is 5.65. The molecule has 1 fully saturated rings. The molecule has 0 aromatic heterocycles. The van der Waals surface area contributed by atoms with Crippen molar-refractivity contribution in [2.45, 2.75) is 45.4 Å². The number of halogens is 2. The third kappa shape index (κ3) is 3.44. The monoisotopic (exact) mass is 295 g/mol. The molecule has 102 valence electrons. The fourth-order valence-electron chi connectivity index (χ4n) is 3.18. The van der Waals surface area contributed by atoms with Crippen molar-refractivity contribution in [3.05, 3.63) is 33.8 Å². The fraction of sp³-hybridized carbons (Fsp3) is 0.562. The Morgan fingerprint density at radius 2 is 2.16 bits per heavy atom. The highest BCUT2D eigenvalue weighted by Crippen LogP contribution is 2.43. The summed E-state index contributed by atoms with van der Waals surface area (Å²) in [5, 5.41) is 10.8. The maximum Gasteiger partial charge on any atom is 0.0693 e. The molecule has 2 unspecified atom stereocenters. The van der Waals surface area contributed by atoms with Gasteiger partial charge in [0.25, 0.3) is 0 Å². The van der Waals surface area contributed by atoms with Crippen LogP contribution in [-0.4, -0.2) is 0 Å². The maximum atomic E-state index is 9.63. The van der Waals surface area contributed by atoms with E-state index in [0.717, 1.165) is 31.2 Å². The second kappa shape index (κ2) is 6.16. The second-order valence-corrected chi connectivity index (χ2v) is 6.50. The molecule has 1 aliphatic rings. The summed E-state index contributed by atoms with van der Waals surface area (Å²) in [4.78, 5) is 0. The number of nitriles is 1. The molecule has 1 nitrogen and oxygen atoms in total. The Morgan fingerprint density at radius 3 is 2.79 bits per heavy atom. The Morgan fingerprint density at radius 1 is 1.37 bits per heavy atom. The standard InChI is InChI=1S/C16H19Cl2N/c1-2-12-4-3-7-16(9-12,11-19)10-13-5-6-14(17)15(18)8-13/h5-6,8,12H,2-4,7,9-10H2,1H3. The van der Waals surface area contributed by atoms with E-state index in [9.17, 15) is 5.26 Å². The molecule has 0 amide bonds. The molecular formula is C16H19Cl2N. The van der Waals surface area contributed by atoms with E-state index in [1.165, 1.54) is 12.8 Å². The van der Waals surface area contributed by atoms with Gasteiger partial charge in [-0.25, -0.2) is 0 Å². The van der Waals surface area contributed by atoms with Gasteiger partial charge in [0.05, 0.1) is 21.5 Å². The van der Waals surface area contributed by atoms with Crippen molar-refractivity contribution in [1.82, 2.24) is 0 Å². The summed E-state index contributed by atoms with van der Waals surface area (Å²) in [5.41, 5.74) is 0.906. The highest BCUT2D eigenvalue weighted by Gasteiger charge is 2.36. The van der Waals surface area contributed by atoms with E-state index in [1.807, 2.05) is 18.2 Å². The number of hydrogen-bond acceptors (Lipinski definition) is 1. The molecular weight excluding hydrogens is 277 g/mol. The van der Waals surface area contributed by atoms with Gasteiger partial charge in [0.1, 0.15) is 0 Å². The molecule has 19 heavy (non-hydrogen) atoms. The summed E-state index contributed by atoms with van der Waals surface area (Å²) >= 11 is 12.0. The lowest BCUT2D eigenvalue weighted by Crippen LogP contribution is -2.29.